The third-order valence-corrected chi connectivity index (χ3v) is 9.39. The molecular weight excluding hydrogens is 521 g/mol. The first kappa shape index (κ1) is 24.8. The fourth-order valence-electron chi connectivity index (χ4n) is 3.15. The van der Waals surface area contributed by atoms with Gasteiger partial charge in [0.25, 0.3) is 0 Å². The summed E-state index contributed by atoms with van der Waals surface area (Å²) in [6, 6.07) is 30.7. The summed E-state index contributed by atoms with van der Waals surface area (Å²) in [6.45, 7) is 0. The zero-order valence-corrected chi connectivity index (χ0v) is 21.8. The average molecular weight is 535 g/mol. The van der Waals surface area contributed by atoms with Gasteiger partial charge in [0.15, 0.2) is 0 Å². The van der Waals surface area contributed by atoms with Crippen LogP contribution in [-0.4, -0.2) is 0 Å². The van der Waals surface area contributed by atoms with Crippen molar-refractivity contribution in [3.8, 4) is 53.5 Å². The molecule has 4 heterocycles. The van der Waals surface area contributed by atoms with Crippen LogP contribution in [0.4, 0.5) is 0 Å². The van der Waals surface area contributed by atoms with E-state index in [-0.39, 0.29) is 11.1 Å². The summed E-state index contributed by atoms with van der Waals surface area (Å²) in [5.41, 5.74) is 0.00373. The second-order valence-corrected chi connectivity index (χ2v) is 11.1. The van der Waals surface area contributed by atoms with Gasteiger partial charge in [0.2, 0.25) is 0 Å². The highest BCUT2D eigenvalue weighted by atomic mass is 32.1. The van der Waals surface area contributed by atoms with Gasteiger partial charge in [-0.15, -0.1) is 45.3 Å². The van der Waals surface area contributed by atoms with E-state index in [1.54, 1.807) is 47.0 Å². The summed E-state index contributed by atoms with van der Waals surface area (Å²) in [4.78, 5) is 8.16. The second-order valence-electron chi connectivity index (χ2n) is 7.06. The first-order chi connectivity index (χ1) is 17.7. The number of hydrogen-bond donors (Lipinski definition) is 0. The predicted molar refractivity (Wildman–Crippen MR) is 149 cm³/mol. The maximum atomic E-state index is 8.63. The Hall–Kier alpha value is -4.28. The molecule has 36 heavy (non-hydrogen) atoms. The molecule has 1 aromatic carbocycles. The highest BCUT2D eigenvalue weighted by Gasteiger charge is 2.09. The normalized spacial score (nSPS) is 9.56. The lowest BCUT2D eigenvalue weighted by Crippen LogP contribution is -2.11. The quantitative estimate of drug-likeness (QED) is 0.249. The number of nitrogens with zero attached hydrogens (tertiary/aromatic N) is 4. The largest absolute Gasteiger partial charge is 0.192 e. The van der Waals surface area contributed by atoms with Crippen LogP contribution < -0.4 is 10.4 Å². The molecule has 0 saturated carbocycles. The van der Waals surface area contributed by atoms with Crippen molar-refractivity contribution in [3.05, 3.63) is 94.0 Å². The van der Waals surface area contributed by atoms with Gasteiger partial charge >= 0.3 is 0 Å². The maximum absolute atomic E-state index is 8.63. The van der Waals surface area contributed by atoms with Gasteiger partial charge in [-0.3, -0.25) is 0 Å². The molecule has 5 rings (SSSR count). The van der Waals surface area contributed by atoms with Crippen LogP contribution in [0.25, 0.3) is 40.4 Å². The molecule has 5 aromatic rings. The van der Waals surface area contributed by atoms with Crippen molar-refractivity contribution < 1.29 is 0 Å². The van der Waals surface area contributed by atoms with Crippen molar-refractivity contribution in [2.45, 2.75) is 0 Å². The Morgan fingerprint density at radius 1 is 0.444 bits per heavy atom. The lowest BCUT2D eigenvalue weighted by atomic mass is 10.1. The van der Waals surface area contributed by atoms with Crippen LogP contribution in [0, 0.1) is 45.3 Å². The van der Waals surface area contributed by atoms with Gasteiger partial charge in [-0.05, 0) is 47.2 Å². The zero-order valence-electron chi connectivity index (χ0n) is 18.5. The third kappa shape index (κ3) is 5.68. The molecule has 4 nitrogen and oxygen atoms in total. The number of benzene rings is 1. The van der Waals surface area contributed by atoms with Crippen molar-refractivity contribution in [2.24, 2.45) is 0 Å². The maximum Gasteiger partial charge on any atom is 0.136 e. The van der Waals surface area contributed by atoms with E-state index in [0.717, 1.165) is 0 Å². The summed E-state index contributed by atoms with van der Waals surface area (Å²) in [6.07, 6.45) is 0. The molecule has 0 aliphatic carbocycles. The molecule has 0 bridgehead atoms. The van der Waals surface area contributed by atoms with E-state index in [2.05, 4.69) is 59.3 Å². The number of rotatable bonds is 3. The van der Waals surface area contributed by atoms with Crippen molar-refractivity contribution >= 4 is 56.5 Å². The van der Waals surface area contributed by atoms with Crippen LogP contribution in [0.1, 0.15) is 0 Å². The molecule has 0 aliphatic heterocycles. The van der Waals surface area contributed by atoms with Crippen molar-refractivity contribution in [2.75, 3.05) is 0 Å². The molecule has 0 N–H and O–H groups in total. The van der Waals surface area contributed by atoms with E-state index in [0.29, 0.717) is 10.4 Å². The lowest BCUT2D eigenvalue weighted by Gasteiger charge is -1.91. The zero-order chi connectivity index (χ0) is 25.3. The van der Waals surface area contributed by atoms with Gasteiger partial charge in [0.05, 0.1) is 0 Å². The minimum absolute atomic E-state index is 0.00187. The molecule has 0 fully saturated rings. The molecule has 4 aromatic heterocycles. The number of hydrogen-bond acceptors (Lipinski definition) is 8. The molecule has 0 saturated heterocycles. The Labute approximate surface area is 224 Å². The molecule has 0 atom stereocenters. The number of nitriles is 4. The third-order valence-electron chi connectivity index (χ3n) is 4.89. The van der Waals surface area contributed by atoms with Crippen molar-refractivity contribution in [1.82, 2.24) is 0 Å². The fourth-order valence-corrected chi connectivity index (χ4v) is 6.93. The first-order valence-corrected chi connectivity index (χ1v) is 13.8. The molecule has 8 heteroatoms. The molecule has 0 radical (unpaired) electrons. The molecule has 0 unspecified atom stereocenters. The van der Waals surface area contributed by atoms with Gasteiger partial charge in [0.1, 0.15) is 35.4 Å². The summed E-state index contributed by atoms with van der Waals surface area (Å²) < 4.78 is 0. The van der Waals surface area contributed by atoms with E-state index >= 15 is 0 Å². The Bertz CT molecular complexity index is 1590. The molecule has 0 amide bonds. The lowest BCUT2D eigenvalue weighted by molar-refractivity contribution is 1.46. The minimum atomic E-state index is 0.00187. The van der Waals surface area contributed by atoms with E-state index in [1.807, 2.05) is 22.7 Å². The van der Waals surface area contributed by atoms with Crippen molar-refractivity contribution in [3.63, 3.8) is 0 Å². The van der Waals surface area contributed by atoms with Gasteiger partial charge in [-0.1, -0.05) is 36.4 Å². The summed E-state index contributed by atoms with van der Waals surface area (Å²) in [5, 5.41) is 39.7. The molecule has 0 spiro atoms. The molecule has 170 valence electrons. The van der Waals surface area contributed by atoms with Crippen LogP contribution in [0.15, 0.2) is 83.6 Å². The van der Waals surface area contributed by atoms with E-state index in [4.69, 9.17) is 21.0 Å². The highest BCUT2D eigenvalue weighted by Crippen LogP contribution is 2.41. The fraction of sp³-hybridized carbons (Fsp3) is 0. The smallest absolute Gasteiger partial charge is 0.136 e. The molecule has 0 aliphatic rings. The minimum Gasteiger partial charge on any atom is -0.192 e. The number of thiophene rings is 4. The van der Waals surface area contributed by atoms with E-state index in [1.165, 1.54) is 53.5 Å². The first-order valence-electron chi connectivity index (χ1n) is 10.4. The van der Waals surface area contributed by atoms with Gasteiger partial charge < -0.3 is 0 Å². The van der Waals surface area contributed by atoms with Gasteiger partial charge in [0, 0.05) is 39.7 Å². The second kappa shape index (κ2) is 11.9. The standard InChI is InChI=1S/C16H10S4.C12H4N4/c1-3-11(17-9-1)13-5-7-15(19-13)16-8-6-14(20-16)12-4-2-10-18-12;13-5-11(6-14)9-1-2-10(4-3-9)12(7-15)8-16/h1-10H;1-4H. The Morgan fingerprint density at radius 3 is 1.06 bits per heavy atom. The van der Waals surface area contributed by atoms with Crippen LogP contribution in [0.5, 0.6) is 0 Å². The van der Waals surface area contributed by atoms with Gasteiger partial charge in [-0.25, -0.2) is 0 Å². The predicted octanol–water partition coefficient (Wildman–Crippen LogP) is 7.02. The van der Waals surface area contributed by atoms with Crippen LogP contribution in [0.3, 0.4) is 0 Å². The summed E-state index contributed by atoms with van der Waals surface area (Å²) in [7, 11) is 0. The van der Waals surface area contributed by atoms with Crippen molar-refractivity contribution in [1.29, 1.82) is 21.0 Å². The Kier molecular flexibility index (Phi) is 8.22. The topological polar surface area (TPSA) is 95.2 Å². The Balaban J connectivity index is 0.000000175. The van der Waals surface area contributed by atoms with E-state index in [9.17, 15) is 0 Å². The monoisotopic (exact) mass is 534 g/mol. The SMILES string of the molecule is N#CC(C#N)=c1ccc(=C(C#N)C#N)cc1.c1csc(-c2ccc(-c3ccc(-c4cccs4)s3)s2)c1. The Morgan fingerprint density at radius 2 is 0.778 bits per heavy atom. The van der Waals surface area contributed by atoms with Gasteiger partial charge in [-0.2, -0.15) is 21.0 Å². The summed E-state index contributed by atoms with van der Waals surface area (Å²) in [5.74, 6) is 0. The molecular formula is C28H14N4S4. The average Bonchev–Trinajstić information content (AvgIpc) is 3.73. The van der Waals surface area contributed by atoms with Crippen LogP contribution in [0.2, 0.25) is 0 Å². The van der Waals surface area contributed by atoms with Crippen LogP contribution in [-0.2, 0) is 0 Å². The van der Waals surface area contributed by atoms with Crippen LogP contribution >= 0.6 is 45.3 Å². The summed E-state index contributed by atoms with van der Waals surface area (Å²) >= 11 is 7.36. The highest BCUT2D eigenvalue weighted by molar-refractivity contribution is 7.28. The van der Waals surface area contributed by atoms with E-state index < -0.39 is 0 Å².